The van der Waals surface area contributed by atoms with Gasteiger partial charge in [0.15, 0.2) is 0 Å². The predicted octanol–water partition coefficient (Wildman–Crippen LogP) is 3.44. The molecule has 0 atom stereocenters. The first-order chi connectivity index (χ1) is 10.8. The average molecular weight is 395 g/mol. The normalized spacial score (nSPS) is 14.1. The van der Waals surface area contributed by atoms with Gasteiger partial charge in [-0.3, -0.25) is 9.52 Å². The highest BCUT2D eigenvalue weighted by atomic mass is 79.9. The van der Waals surface area contributed by atoms with Crippen LogP contribution in [0.2, 0.25) is 0 Å². The van der Waals surface area contributed by atoms with Crippen molar-refractivity contribution in [3.05, 3.63) is 52.0 Å². The number of halogens is 1. The first kappa shape index (κ1) is 16.0. The van der Waals surface area contributed by atoms with Crippen molar-refractivity contribution in [2.45, 2.75) is 24.7 Å². The molecule has 0 unspecified atom stereocenters. The Morgan fingerprint density at radius 2 is 1.91 bits per heavy atom. The van der Waals surface area contributed by atoms with Gasteiger partial charge in [-0.1, -0.05) is 22.0 Å². The van der Waals surface area contributed by atoms with Crippen LogP contribution in [0.1, 0.15) is 17.5 Å². The molecule has 0 aromatic heterocycles. The number of carbonyl (C=O) groups is 1. The second-order valence-corrected chi connectivity index (χ2v) is 7.97. The van der Waals surface area contributed by atoms with Gasteiger partial charge in [0.1, 0.15) is 0 Å². The van der Waals surface area contributed by atoms with Crippen LogP contribution in [0.4, 0.5) is 11.4 Å². The Kier molecular flexibility index (Phi) is 4.16. The molecule has 23 heavy (non-hydrogen) atoms. The molecule has 0 saturated heterocycles. The van der Waals surface area contributed by atoms with Crippen LogP contribution in [-0.4, -0.2) is 14.3 Å². The molecule has 3 rings (SSSR count). The number of amides is 1. The van der Waals surface area contributed by atoms with Gasteiger partial charge in [0.2, 0.25) is 5.91 Å². The lowest BCUT2D eigenvalue weighted by Crippen LogP contribution is -2.20. The highest BCUT2D eigenvalue weighted by molar-refractivity contribution is 9.10. The summed E-state index contributed by atoms with van der Waals surface area (Å²) in [6.45, 7) is 1.93. The molecule has 1 heterocycles. The SMILES string of the molecule is Cc1ccc(NS(=O)(=O)c2ccc3c(c2)CCC(=O)N3)cc1Br. The van der Waals surface area contributed by atoms with Gasteiger partial charge < -0.3 is 5.32 Å². The molecular formula is C16H15BrN2O3S. The summed E-state index contributed by atoms with van der Waals surface area (Å²) in [5.41, 5.74) is 3.03. The van der Waals surface area contributed by atoms with Gasteiger partial charge >= 0.3 is 0 Å². The van der Waals surface area contributed by atoms with Gasteiger partial charge in [0, 0.05) is 22.3 Å². The van der Waals surface area contributed by atoms with E-state index in [-0.39, 0.29) is 10.8 Å². The summed E-state index contributed by atoms with van der Waals surface area (Å²) >= 11 is 3.39. The summed E-state index contributed by atoms with van der Waals surface area (Å²) in [6, 6.07) is 10.0. The minimum Gasteiger partial charge on any atom is -0.326 e. The van der Waals surface area contributed by atoms with Gasteiger partial charge in [0.25, 0.3) is 10.0 Å². The van der Waals surface area contributed by atoms with Crippen molar-refractivity contribution < 1.29 is 13.2 Å². The molecule has 0 aliphatic carbocycles. The zero-order chi connectivity index (χ0) is 16.6. The Bertz CT molecular complexity index is 894. The van der Waals surface area contributed by atoms with Crippen molar-refractivity contribution in [3.63, 3.8) is 0 Å². The number of benzene rings is 2. The molecule has 2 N–H and O–H groups in total. The fraction of sp³-hybridized carbons (Fsp3) is 0.188. The van der Waals surface area contributed by atoms with Crippen molar-refractivity contribution in [2.75, 3.05) is 10.0 Å². The molecule has 120 valence electrons. The van der Waals surface area contributed by atoms with E-state index in [1.807, 2.05) is 13.0 Å². The minimum atomic E-state index is -3.67. The third-order valence-corrected chi connectivity index (χ3v) is 5.94. The van der Waals surface area contributed by atoms with E-state index < -0.39 is 10.0 Å². The van der Waals surface area contributed by atoms with Gasteiger partial charge in [-0.2, -0.15) is 0 Å². The summed E-state index contributed by atoms with van der Waals surface area (Å²) in [7, 11) is -3.67. The molecule has 2 aromatic carbocycles. The Balaban J connectivity index is 1.90. The Labute approximate surface area is 143 Å². The van der Waals surface area contributed by atoms with Crippen LogP contribution in [0, 0.1) is 6.92 Å². The molecule has 7 heteroatoms. The number of fused-ring (bicyclic) bond motifs is 1. The van der Waals surface area contributed by atoms with Crippen molar-refractivity contribution in [1.29, 1.82) is 0 Å². The van der Waals surface area contributed by atoms with E-state index in [0.717, 1.165) is 15.6 Å². The molecule has 2 aromatic rings. The Morgan fingerprint density at radius 1 is 1.13 bits per heavy atom. The van der Waals surface area contributed by atoms with Gasteiger partial charge in [-0.05, 0) is 54.8 Å². The fourth-order valence-corrected chi connectivity index (χ4v) is 3.88. The van der Waals surface area contributed by atoms with Crippen molar-refractivity contribution in [1.82, 2.24) is 0 Å². The van der Waals surface area contributed by atoms with E-state index in [9.17, 15) is 13.2 Å². The number of sulfonamides is 1. The summed E-state index contributed by atoms with van der Waals surface area (Å²) in [6.07, 6.45) is 0.912. The molecule has 0 saturated carbocycles. The summed E-state index contributed by atoms with van der Waals surface area (Å²) in [5.74, 6) is -0.0456. The fourth-order valence-electron chi connectivity index (χ4n) is 2.40. The molecule has 0 fully saturated rings. The summed E-state index contributed by atoms with van der Waals surface area (Å²) < 4.78 is 28.5. The first-order valence-corrected chi connectivity index (χ1v) is 9.34. The third-order valence-electron chi connectivity index (χ3n) is 3.71. The Morgan fingerprint density at radius 3 is 2.65 bits per heavy atom. The van der Waals surface area contributed by atoms with E-state index in [1.165, 1.54) is 6.07 Å². The number of aryl methyl sites for hydroxylation is 2. The van der Waals surface area contributed by atoms with Crippen LogP contribution in [0.25, 0.3) is 0 Å². The first-order valence-electron chi connectivity index (χ1n) is 7.07. The molecule has 5 nitrogen and oxygen atoms in total. The van der Waals surface area contributed by atoms with Gasteiger partial charge in [-0.15, -0.1) is 0 Å². The van der Waals surface area contributed by atoms with Crippen LogP contribution in [0.3, 0.4) is 0 Å². The second-order valence-electron chi connectivity index (χ2n) is 5.44. The molecular weight excluding hydrogens is 380 g/mol. The third kappa shape index (κ3) is 3.40. The molecule has 0 radical (unpaired) electrons. The molecule has 0 spiro atoms. The van der Waals surface area contributed by atoms with Crippen LogP contribution in [0.5, 0.6) is 0 Å². The molecule has 1 aliphatic heterocycles. The van der Waals surface area contributed by atoms with Crippen LogP contribution in [0.15, 0.2) is 45.8 Å². The zero-order valence-electron chi connectivity index (χ0n) is 12.4. The van der Waals surface area contributed by atoms with E-state index in [0.29, 0.717) is 24.2 Å². The minimum absolute atomic E-state index is 0.0456. The Hall–Kier alpha value is -1.86. The largest absolute Gasteiger partial charge is 0.326 e. The maximum Gasteiger partial charge on any atom is 0.261 e. The monoisotopic (exact) mass is 394 g/mol. The predicted molar refractivity (Wildman–Crippen MR) is 93.1 cm³/mol. The summed E-state index contributed by atoms with van der Waals surface area (Å²) in [4.78, 5) is 11.5. The topological polar surface area (TPSA) is 75.3 Å². The average Bonchev–Trinajstić information content (AvgIpc) is 2.50. The smallest absolute Gasteiger partial charge is 0.261 e. The number of carbonyl (C=O) groups excluding carboxylic acids is 1. The number of hydrogen-bond donors (Lipinski definition) is 2. The lowest BCUT2D eigenvalue weighted by molar-refractivity contribution is -0.116. The van der Waals surface area contributed by atoms with Crippen molar-refractivity contribution in [2.24, 2.45) is 0 Å². The van der Waals surface area contributed by atoms with E-state index in [4.69, 9.17) is 0 Å². The number of anilines is 2. The van der Waals surface area contributed by atoms with Crippen molar-refractivity contribution in [3.8, 4) is 0 Å². The molecule has 1 amide bonds. The van der Waals surface area contributed by atoms with E-state index >= 15 is 0 Å². The highest BCUT2D eigenvalue weighted by Gasteiger charge is 2.20. The molecule has 0 bridgehead atoms. The number of hydrogen-bond acceptors (Lipinski definition) is 3. The zero-order valence-corrected chi connectivity index (χ0v) is 14.8. The number of rotatable bonds is 3. The standard InChI is InChI=1S/C16H15BrN2O3S/c1-10-2-4-12(9-14(10)17)19-23(21,22)13-5-6-15-11(8-13)3-7-16(20)18-15/h2,4-6,8-9,19H,3,7H2,1H3,(H,18,20). The van der Waals surface area contributed by atoms with E-state index in [1.54, 1.807) is 24.3 Å². The van der Waals surface area contributed by atoms with Crippen LogP contribution < -0.4 is 10.0 Å². The quantitative estimate of drug-likeness (QED) is 0.836. The van der Waals surface area contributed by atoms with Gasteiger partial charge in [-0.25, -0.2) is 8.42 Å². The maximum absolute atomic E-state index is 12.5. The van der Waals surface area contributed by atoms with E-state index in [2.05, 4.69) is 26.0 Å². The second kappa shape index (κ2) is 5.98. The number of nitrogens with one attached hydrogen (secondary N) is 2. The maximum atomic E-state index is 12.5. The van der Waals surface area contributed by atoms with Crippen molar-refractivity contribution >= 4 is 43.2 Å². The van der Waals surface area contributed by atoms with Crippen LogP contribution in [-0.2, 0) is 21.2 Å². The van der Waals surface area contributed by atoms with Crippen LogP contribution >= 0.6 is 15.9 Å². The lowest BCUT2D eigenvalue weighted by Gasteiger charge is -2.18. The highest BCUT2D eigenvalue weighted by Crippen LogP contribution is 2.27. The molecule has 1 aliphatic rings. The van der Waals surface area contributed by atoms with Gasteiger partial charge in [0.05, 0.1) is 4.90 Å². The lowest BCUT2D eigenvalue weighted by atomic mass is 10.0. The summed E-state index contributed by atoms with van der Waals surface area (Å²) in [5, 5.41) is 2.74.